The van der Waals surface area contributed by atoms with Crippen LogP contribution in [0, 0.1) is 27.6 Å². The van der Waals surface area contributed by atoms with Gasteiger partial charge < -0.3 is 15.2 Å². The Balaban J connectivity index is 1.90. The highest BCUT2D eigenvalue weighted by atomic mass is 19.2. The second-order valence-electron chi connectivity index (χ2n) is 4.84. The first-order chi connectivity index (χ1) is 11.4. The van der Waals surface area contributed by atoms with Crippen LogP contribution < -0.4 is 10.1 Å². The lowest BCUT2D eigenvalue weighted by Crippen LogP contribution is -2.26. The van der Waals surface area contributed by atoms with Crippen LogP contribution in [0.15, 0.2) is 36.4 Å². The number of anilines is 1. The lowest BCUT2D eigenvalue weighted by Gasteiger charge is -2.14. The minimum Gasteiger partial charge on any atom is -0.491 e. The summed E-state index contributed by atoms with van der Waals surface area (Å²) in [6, 6.07) is 5.89. The van der Waals surface area contributed by atoms with Crippen LogP contribution >= 0.6 is 0 Å². The van der Waals surface area contributed by atoms with Gasteiger partial charge in [-0.05, 0) is 24.3 Å². The van der Waals surface area contributed by atoms with Gasteiger partial charge in [-0.2, -0.15) is 0 Å². The average Bonchev–Trinajstić information content (AvgIpc) is 2.54. The smallest absolute Gasteiger partial charge is 0.295 e. The first kappa shape index (κ1) is 17.5. The van der Waals surface area contributed by atoms with Crippen molar-refractivity contribution < 1.29 is 27.9 Å². The number of hydrogen-bond donors (Lipinski definition) is 2. The van der Waals surface area contributed by atoms with E-state index < -0.39 is 34.2 Å². The fourth-order valence-electron chi connectivity index (χ4n) is 1.85. The highest BCUT2D eigenvalue weighted by Crippen LogP contribution is 2.24. The first-order valence-electron chi connectivity index (χ1n) is 6.80. The number of hydrogen-bond acceptors (Lipinski definition) is 5. The summed E-state index contributed by atoms with van der Waals surface area (Å²) in [5.41, 5.74) is -0.433. The molecule has 1 unspecified atom stereocenters. The Morgan fingerprint density at radius 2 is 1.92 bits per heavy atom. The summed E-state index contributed by atoms with van der Waals surface area (Å²) in [5.74, 6) is -2.83. The second-order valence-corrected chi connectivity index (χ2v) is 4.84. The maximum atomic E-state index is 13.0. The van der Waals surface area contributed by atoms with Crippen molar-refractivity contribution in [2.45, 2.75) is 6.10 Å². The second kappa shape index (κ2) is 7.64. The molecule has 2 aromatic rings. The van der Waals surface area contributed by atoms with E-state index in [0.717, 1.165) is 24.3 Å². The number of nitro benzene ring substituents is 1. The monoisotopic (exact) mass is 342 g/mol. The molecule has 0 aliphatic rings. The van der Waals surface area contributed by atoms with Gasteiger partial charge in [0.25, 0.3) is 5.69 Å². The van der Waals surface area contributed by atoms with Crippen molar-refractivity contribution in [3.05, 3.63) is 64.0 Å². The fraction of sp³-hybridized carbons (Fsp3) is 0.200. The third kappa shape index (κ3) is 4.59. The maximum absolute atomic E-state index is 13.0. The van der Waals surface area contributed by atoms with E-state index in [2.05, 4.69) is 5.32 Å². The van der Waals surface area contributed by atoms with Crippen LogP contribution in [0.5, 0.6) is 5.75 Å². The molecule has 9 heteroatoms. The predicted molar refractivity (Wildman–Crippen MR) is 79.4 cm³/mol. The van der Waals surface area contributed by atoms with Crippen LogP contribution in [0.2, 0.25) is 0 Å². The standard InChI is InChI=1S/C15H13F3N2O4/c16-9-1-4-14(15(5-9)20(22)23)19-7-10(21)8-24-11-2-3-12(17)13(18)6-11/h1-6,10,19,21H,7-8H2. The van der Waals surface area contributed by atoms with Gasteiger partial charge in [-0.3, -0.25) is 10.1 Å². The van der Waals surface area contributed by atoms with Crippen LogP contribution in [0.25, 0.3) is 0 Å². The lowest BCUT2D eigenvalue weighted by molar-refractivity contribution is -0.384. The van der Waals surface area contributed by atoms with E-state index >= 15 is 0 Å². The van der Waals surface area contributed by atoms with Gasteiger partial charge in [0.05, 0.1) is 11.0 Å². The summed E-state index contributed by atoms with van der Waals surface area (Å²) in [4.78, 5) is 10.1. The molecule has 0 aliphatic carbocycles. The molecule has 1 atom stereocenters. The molecule has 0 amide bonds. The lowest BCUT2D eigenvalue weighted by atomic mass is 10.2. The Bertz CT molecular complexity index is 743. The van der Waals surface area contributed by atoms with Crippen LogP contribution in [-0.2, 0) is 0 Å². The number of nitro groups is 1. The molecule has 0 aliphatic heterocycles. The zero-order valence-electron chi connectivity index (χ0n) is 12.2. The highest BCUT2D eigenvalue weighted by Gasteiger charge is 2.16. The molecule has 128 valence electrons. The molecule has 0 bridgehead atoms. The highest BCUT2D eigenvalue weighted by molar-refractivity contribution is 5.61. The van der Waals surface area contributed by atoms with Crippen molar-refractivity contribution in [1.29, 1.82) is 0 Å². The zero-order valence-corrected chi connectivity index (χ0v) is 12.2. The zero-order chi connectivity index (χ0) is 17.7. The third-order valence-corrected chi connectivity index (χ3v) is 3.02. The number of halogens is 3. The van der Waals surface area contributed by atoms with Gasteiger partial charge in [0.1, 0.15) is 30.0 Å². The SMILES string of the molecule is O=[N+]([O-])c1cc(F)ccc1NCC(O)COc1ccc(F)c(F)c1. The normalized spacial score (nSPS) is 11.8. The van der Waals surface area contributed by atoms with E-state index in [4.69, 9.17) is 4.74 Å². The molecular formula is C15H13F3N2O4. The number of ether oxygens (including phenoxy) is 1. The van der Waals surface area contributed by atoms with E-state index in [0.29, 0.717) is 0 Å². The molecule has 0 fully saturated rings. The van der Waals surface area contributed by atoms with Gasteiger partial charge in [0.2, 0.25) is 0 Å². The molecule has 2 N–H and O–H groups in total. The van der Waals surface area contributed by atoms with Gasteiger partial charge in [0, 0.05) is 12.6 Å². The van der Waals surface area contributed by atoms with Crippen molar-refractivity contribution >= 4 is 11.4 Å². The van der Waals surface area contributed by atoms with E-state index in [-0.39, 0.29) is 24.6 Å². The van der Waals surface area contributed by atoms with E-state index in [1.54, 1.807) is 0 Å². The number of rotatable bonds is 7. The van der Waals surface area contributed by atoms with Gasteiger partial charge >= 0.3 is 0 Å². The Hall–Kier alpha value is -2.81. The molecule has 6 nitrogen and oxygen atoms in total. The number of nitrogens with one attached hydrogen (secondary N) is 1. The molecule has 0 saturated carbocycles. The molecule has 0 radical (unpaired) electrons. The topological polar surface area (TPSA) is 84.6 Å². The van der Waals surface area contributed by atoms with Gasteiger partial charge in [0.15, 0.2) is 11.6 Å². The molecule has 24 heavy (non-hydrogen) atoms. The summed E-state index contributed by atoms with van der Waals surface area (Å²) in [6.45, 7) is -0.386. The largest absolute Gasteiger partial charge is 0.491 e. The summed E-state index contributed by atoms with van der Waals surface area (Å²) in [5, 5.41) is 23.2. The average molecular weight is 342 g/mol. The quantitative estimate of drug-likeness (QED) is 0.597. The van der Waals surface area contributed by atoms with Crippen molar-refractivity contribution in [2.75, 3.05) is 18.5 Å². The maximum Gasteiger partial charge on any atom is 0.295 e. The molecule has 0 heterocycles. The van der Waals surface area contributed by atoms with E-state index in [1.807, 2.05) is 0 Å². The van der Waals surface area contributed by atoms with Gasteiger partial charge in [-0.1, -0.05) is 0 Å². The number of nitrogens with zero attached hydrogens (tertiary/aromatic N) is 1. The Labute approximate surface area is 134 Å². The molecule has 2 rings (SSSR count). The minimum absolute atomic E-state index is 0.0284. The predicted octanol–water partition coefficient (Wildman–Crippen LogP) is 2.86. The number of aliphatic hydroxyl groups is 1. The molecule has 0 aromatic heterocycles. The van der Waals surface area contributed by atoms with E-state index in [9.17, 15) is 28.4 Å². The van der Waals surface area contributed by atoms with Crippen molar-refractivity contribution in [2.24, 2.45) is 0 Å². The molecular weight excluding hydrogens is 329 g/mol. The van der Waals surface area contributed by atoms with Crippen LogP contribution in [0.3, 0.4) is 0 Å². The van der Waals surface area contributed by atoms with Crippen molar-refractivity contribution in [1.82, 2.24) is 0 Å². The molecule has 2 aromatic carbocycles. The Kier molecular flexibility index (Phi) is 5.59. The van der Waals surface area contributed by atoms with Crippen molar-refractivity contribution in [3.63, 3.8) is 0 Å². The summed E-state index contributed by atoms with van der Waals surface area (Å²) < 4.78 is 43.9. The van der Waals surface area contributed by atoms with Crippen LogP contribution in [-0.4, -0.2) is 29.3 Å². The summed E-state index contributed by atoms with van der Waals surface area (Å²) in [7, 11) is 0. The van der Waals surface area contributed by atoms with Gasteiger partial charge in [-0.15, -0.1) is 0 Å². The molecule has 0 spiro atoms. The molecule has 0 saturated heterocycles. The number of aliphatic hydroxyl groups excluding tert-OH is 1. The summed E-state index contributed by atoms with van der Waals surface area (Å²) in [6.07, 6.45) is -1.09. The number of benzene rings is 2. The summed E-state index contributed by atoms with van der Waals surface area (Å²) >= 11 is 0. The van der Waals surface area contributed by atoms with Gasteiger partial charge in [-0.25, -0.2) is 13.2 Å². The van der Waals surface area contributed by atoms with Crippen LogP contribution in [0.4, 0.5) is 24.5 Å². The fourth-order valence-corrected chi connectivity index (χ4v) is 1.85. The van der Waals surface area contributed by atoms with E-state index in [1.165, 1.54) is 12.1 Å². The minimum atomic E-state index is -1.09. The van der Waals surface area contributed by atoms with Crippen LogP contribution in [0.1, 0.15) is 0 Å². The van der Waals surface area contributed by atoms with Crippen molar-refractivity contribution in [3.8, 4) is 5.75 Å². The first-order valence-corrected chi connectivity index (χ1v) is 6.80. The Morgan fingerprint density at radius 1 is 1.17 bits per heavy atom. The third-order valence-electron chi connectivity index (χ3n) is 3.02. The Morgan fingerprint density at radius 3 is 2.58 bits per heavy atom.